The lowest BCUT2D eigenvalue weighted by Crippen LogP contribution is -2.32. The van der Waals surface area contributed by atoms with Gasteiger partial charge in [0.25, 0.3) is 0 Å². The van der Waals surface area contributed by atoms with Crippen molar-refractivity contribution in [3.05, 3.63) is 29.2 Å². The van der Waals surface area contributed by atoms with Crippen LogP contribution in [0.4, 0.5) is 0 Å². The standard InChI is InChI=1S/C13H17N5O2/c1-8-6-10(20-17-8)7-12(19)18-5-3-4-11(18)13-14-9(2)15-16-13/h6,11H,3-5,7H2,1-2H3,(H,14,15,16)/t11-/m0/s1. The summed E-state index contributed by atoms with van der Waals surface area (Å²) in [5.74, 6) is 2.10. The molecule has 0 aliphatic carbocycles. The number of aromatic amines is 1. The zero-order valence-electron chi connectivity index (χ0n) is 11.6. The monoisotopic (exact) mass is 275 g/mol. The summed E-state index contributed by atoms with van der Waals surface area (Å²) in [7, 11) is 0. The number of amides is 1. The molecule has 0 radical (unpaired) electrons. The molecule has 1 atom stereocenters. The minimum Gasteiger partial charge on any atom is -0.361 e. The van der Waals surface area contributed by atoms with Gasteiger partial charge in [0.15, 0.2) is 5.82 Å². The van der Waals surface area contributed by atoms with Crippen molar-refractivity contribution in [1.82, 2.24) is 25.2 Å². The van der Waals surface area contributed by atoms with Gasteiger partial charge in [0.05, 0.1) is 18.2 Å². The average molecular weight is 275 g/mol. The third-order valence-corrected chi connectivity index (χ3v) is 3.49. The molecule has 1 amide bonds. The van der Waals surface area contributed by atoms with Crippen molar-refractivity contribution in [2.24, 2.45) is 0 Å². The maximum Gasteiger partial charge on any atom is 0.230 e. The number of hydrogen-bond acceptors (Lipinski definition) is 5. The van der Waals surface area contributed by atoms with Gasteiger partial charge >= 0.3 is 0 Å². The van der Waals surface area contributed by atoms with E-state index in [1.807, 2.05) is 18.7 Å². The van der Waals surface area contributed by atoms with E-state index < -0.39 is 0 Å². The predicted octanol–water partition coefficient (Wildman–Crippen LogP) is 1.32. The highest BCUT2D eigenvalue weighted by atomic mass is 16.5. The molecule has 0 saturated carbocycles. The van der Waals surface area contributed by atoms with Crippen LogP contribution in [0.15, 0.2) is 10.6 Å². The number of nitrogens with one attached hydrogen (secondary N) is 1. The van der Waals surface area contributed by atoms with Gasteiger partial charge in [-0.05, 0) is 26.7 Å². The molecule has 1 fully saturated rings. The predicted molar refractivity (Wildman–Crippen MR) is 69.8 cm³/mol. The molecule has 1 N–H and O–H groups in total. The largest absolute Gasteiger partial charge is 0.361 e. The molecule has 20 heavy (non-hydrogen) atoms. The molecule has 7 heteroatoms. The zero-order valence-corrected chi connectivity index (χ0v) is 11.6. The summed E-state index contributed by atoms with van der Waals surface area (Å²) in [6.07, 6.45) is 2.11. The number of aryl methyl sites for hydroxylation is 2. The first-order valence-corrected chi connectivity index (χ1v) is 6.74. The molecular weight excluding hydrogens is 258 g/mol. The lowest BCUT2D eigenvalue weighted by atomic mass is 10.2. The Morgan fingerprint density at radius 3 is 3.05 bits per heavy atom. The molecule has 106 valence electrons. The van der Waals surface area contributed by atoms with Crippen molar-refractivity contribution in [3.63, 3.8) is 0 Å². The Kier molecular flexibility index (Phi) is 3.25. The molecule has 2 aromatic heterocycles. The Morgan fingerprint density at radius 1 is 1.55 bits per heavy atom. The first kappa shape index (κ1) is 12.8. The normalized spacial score (nSPS) is 18.7. The summed E-state index contributed by atoms with van der Waals surface area (Å²) < 4.78 is 5.10. The minimum absolute atomic E-state index is 0.0310. The number of carbonyl (C=O) groups excluding carboxylic acids is 1. The Bertz CT molecular complexity index is 618. The summed E-state index contributed by atoms with van der Waals surface area (Å²) in [4.78, 5) is 18.6. The van der Waals surface area contributed by atoms with Gasteiger partial charge < -0.3 is 9.42 Å². The van der Waals surface area contributed by atoms with E-state index >= 15 is 0 Å². The van der Waals surface area contributed by atoms with Crippen LogP contribution < -0.4 is 0 Å². The number of nitrogens with zero attached hydrogens (tertiary/aromatic N) is 4. The molecule has 1 aliphatic rings. The Morgan fingerprint density at radius 2 is 2.40 bits per heavy atom. The summed E-state index contributed by atoms with van der Waals surface area (Å²) in [6.45, 7) is 4.44. The van der Waals surface area contributed by atoms with Gasteiger partial charge in [-0.25, -0.2) is 4.98 Å². The lowest BCUT2D eigenvalue weighted by molar-refractivity contribution is -0.131. The first-order chi connectivity index (χ1) is 9.63. The molecular formula is C13H17N5O2. The second-order valence-corrected chi connectivity index (χ2v) is 5.14. The fourth-order valence-corrected chi connectivity index (χ4v) is 2.59. The van der Waals surface area contributed by atoms with Crippen molar-refractivity contribution in [1.29, 1.82) is 0 Å². The van der Waals surface area contributed by atoms with E-state index in [4.69, 9.17) is 4.52 Å². The average Bonchev–Trinajstić information content (AvgIpc) is 3.09. The van der Waals surface area contributed by atoms with E-state index in [0.717, 1.165) is 30.9 Å². The van der Waals surface area contributed by atoms with Crippen LogP contribution in [-0.2, 0) is 11.2 Å². The lowest BCUT2D eigenvalue weighted by Gasteiger charge is -2.21. The maximum atomic E-state index is 12.4. The van der Waals surface area contributed by atoms with Crippen LogP contribution in [0.1, 0.15) is 42.0 Å². The molecule has 3 rings (SSSR count). The van der Waals surface area contributed by atoms with Gasteiger partial charge in [0.1, 0.15) is 11.6 Å². The topological polar surface area (TPSA) is 87.9 Å². The summed E-state index contributed by atoms with van der Waals surface area (Å²) >= 11 is 0. The molecule has 1 saturated heterocycles. The van der Waals surface area contributed by atoms with Crippen molar-refractivity contribution in [2.75, 3.05) is 6.54 Å². The van der Waals surface area contributed by atoms with E-state index in [-0.39, 0.29) is 18.4 Å². The third kappa shape index (κ3) is 2.43. The van der Waals surface area contributed by atoms with Crippen LogP contribution >= 0.6 is 0 Å². The molecule has 0 bridgehead atoms. The van der Waals surface area contributed by atoms with Crippen LogP contribution in [0.5, 0.6) is 0 Å². The van der Waals surface area contributed by atoms with Gasteiger partial charge in [0.2, 0.25) is 5.91 Å². The highest BCUT2D eigenvalue weighted by Gasteiger charge is 2.32. The van der Waals surface area contributed by atoms with E-state index in [2.05, 4.69) is 20.3 Å². The summed E-state index contributed by atoms with van der Waals surface area (Å²) in [5, 5.41) is 10.8. The maximum absolute atomic E-state index is 12.4. The molecule has 1 aliphatic heterocycles. The van der Waals surface area contributed by atoms with Crippen LogP contribution in [0, 0.1) is 13.8 Å². The smallest absolute Gasteiger partial charge is 0.230 e. The fourth-order valence-electron chi connectivity index (χ4n) is 2.59. The number of carbonyl (C=O) groups is 1. The molecule has 0 spiro atoms. The molecule has 3 heterocycles. The molecule has 0 aromatic carbocycles. The zero-order chi connectivity index (χ0) is 14.1. The van der Waals surface area contributed by atoms with Gasteiger partial charge in [0, 0.05) is 12.6 Å². The van der Waals surface area contributed by atoms with Crippen molar-refractivity contribution in [2.45, 2.75) is 39.2 Å². The summed E-state index contributed by atoms with van der Waals surface area (Å²) in [6, 6.07) is 1.76. The summed E-state index contributed by atoms with van der Waals surface area (Å²) in [5.41, 5.74) is 0.787. The van der Waals surface area contributed by atoms with E-state index in [1.54, 1.807) is 6.07 Å². The van der Waals surface area contributed by atoms with Crippen molar-refractivity contribution in [3.8, 4) is 0 Å². The Balaban J connectivity index is 1.73. The molecule has 2 aromatic rings. The van der Waals surface area contributed by atoms with E-state index in [1.165, 1.54) is 0 Å². The number of hydrogen-bond donors (Lipinski definition) is 1. The van der Waals surface area contributed by atoms with Crippen LogP contribution in [-0.4, -0.2) is 37.7 Å². The molecule has 0 unspecified atom stereocenters. The quantitative estimate of drug-likeness (QED) is 0.912. The molecule has 7 nitrogen and oxygen atoms in total. The van der Waals surface area contributed by atoms with Crippen LogP contribution in [0.2, 0.25) is 0 Å². The number of likely N-dealkylation sites (tertiary alicyclic amines) is 1. The number of rotatable bonds is 3. The number of H-pyrrole nitrogens is 1. The van der Waals surface area contributed by atoms with Crippen LogP contribution in [0.25, 0.3) is 0 Å². The second-order valence-electron chi connectivity index (χ2n) is 5.14. The van der Waals surface area contributed by atoms with Gasteiger partial charge in [-0.2, -0.15) is 5.10 Å². The second kappa shape index (κ2) is 5.07. The number of aromatic nitrogens is 4. The first-order valence-electron chi connectivity index (χ1n) is 6.74. The SMILES string of the molecule is Cc1cc(CC(=O)N2CCC[C@H]2c2n[nH]c(C)n2)on1. The highest BCUT2D eigenvalue weighted by molar-refractivity contribution is 5.78. The third-order valence-electron chi connectivity index (χ3n) is 3.49. The van der Waals surface area contributed by atoms with Crippen molar-refractivity contribution >= 4 is 5.91 Å². The Hall–Kier alpha value is -2.18. The highest BCUT2D eigenvalue weighted by Crippen LogP contribution is 2.30. The van der Waals surface area contributed by atoms with Gasteiger partial charge in [-0.1, -0.05) is 5.16 Å². The minimum atomic E-state index is -0.0310. The van der Waals surface area contributed by atoms with E-state index in [0.29, 0.717) is 11.6 Å². The van der Waals surface area contributed by atoms with E-state index in [9.17, 15) is 4.79 Å². The Labute approximate surface area is 116 Å². The van der Waals surface area contributed by atoms with Gasteiger partial charge in [-0.3, -0.25) is 9.89 Å². The fraction of sp³-hybridized carbons (Fsp3) is 0.538. The van der Waals surface area contributed by atoms with Crippen molar-refractivity contribution < 1.29 is 9.32 Å². The van der Waals surface area contributed by atoms with Crippen LogP contribution in [0.3, 0.4) is 0 Å². The van der Waals surface area contributed by atoms with Gasteiger partial charge in [-0.15, -0.1) is 0 Å².